The summed E-state index contributed by atoms with van der Waals surface area (Å²) in [5.41, 5.74) is 1.78. The highest BCUT2D eigenvalue weighted by Gasteiger charge is 1.95. The standard InChI is InChI=1S/C12H14O2/c1-3-10(9-13)7-11-5-4-6-12(8-11)14-2/h4-9H,3H2,1-2H3. The maximum Gasteiger partial charge on any atom is 0.146 e. The quantitative estimate of drug-likeness (QED) is 0.539. The predicted octanol–water partition coefficient (Wildman–Crippen LogP) is 2.69. The number of aldehydes is 1. The molecule has 0 aliphatic heterocycles. The van der Waals surface area contributed by atoms with Crippen molar-refractivity contribution in [3.8, 4) is 5.75 Å². The fraction of sp³-hybridized carbons (Fsp3) is 0.250. The summed E-state index contributed by atoms with van der Waals surface area (Å²) in [4.78, 5) is 10.6. The van der Waals surface area contributed by atoms with E-state index in [1.807, 2.05) is 37.3 Å². The number of carbonyl (C=O) groups is 1. The van der Waals surface area contributed by atoms with Gasteiger partial charge in [0.05, 0.1) is 7.11 Å². The summed E-state index contributed by atoms with van der Waals surface area (Å²) in [6, 6.07) is 7.63. The Morgan fingerprint density at radius 2 is 2.29 bits per heavy atom. The normalized spacial score (nSPS) is 11.1. The van der Waals surface area contributed by atoms with Crippen molar-refractivity contribution in [3.63, 3.8) is 0 Å². The van der Waals surface area contributed by atoms with Crippen LogP contribution in [0.4, 0.5) is 0 Å². The Labute approximate surface area is 84.2 Å². The topological polar surface area (TPSA) is 26.3 Å². The molecule has 0 amide bonds. The van der Waals surface area contributed by atoms with Gasteiger partial charge in [0.25, 0.3) is 0 Å². The number of allylic oxidation sites excluding steroid dienone is 1. The summed E-state index contributed by atoms with van der Waals surface area (Å²) in [5.74, 6) is 0.806. The van der Waals surface area contributed by atoms with Gasteiger partial charge in [-0.25, -0.2) is 0 Å². The lowest BCUT2D eigenvalue weighted by atomic mass is 10.1. The summed E-state index contributed by atoms with van der Waals surface area (Å²) in [7, 11) is 1.63. The van der Waals surface area contributed by atoms with Crippen molar-refractivity contribution in [2.45, 2.75) is 13.3 Å². The molecule has 0 spiro atoms. The van der Waals surface area contributed by atoms with Gasteiger partial charge in [-0.15, -0.1) is 0 Å². The number of benzene rings is 1. The summed E-state index contributed by atoms with van der Waals surface area (Å²) >= 11 is 0. The Bertz CT molecular complexity index is 340. The zero-order chi connectivity index (χ0) is 10.4. The van der Waals surface area contributed by atoms with Crippen LogP contribution in [0.3, 0.4) is 0 Å². The highest BCUT2D eigenvalue weighted by molar-refractivity contribution is 5.81. The zero-order valence-electron chi connectivity index (χ0n) is 8.49. The molecule has 14 heavy (non-hydrogen) atoms. The van der Waals surface area contributed by atoms with Crippen LogP contribution in [-0.2, 0) is 4.79 Å². The van der Waals surface area contributed by atoms with Gasteiger partial charge in [0.15, 0.2) is 0 Å². The van der Waals surface area contributed by atoms with Crippen LogP contribution in [0.15, 0.2) is 29.8 Å². The summed E-state index contributed by atoms with van der Waals surface area (Å²) in [6.07, 6.45) is 3.51. The van der Waals surface area contributed by atoms with E-state index in [2.05, 4.69) is 0 Å². The van der Waals surface area contributed by atoms with Crippen LogP contribution in [0.2, 0.25) is 0 Å². The van der Waals surface area contributed by atoms with E-state index < -0.39 is 0 Å². The number of carbonyl (C=O) groups excluding carboxylic acids is 1. The number of ether oxygens (including phenoxy) is 1. The van der Waals surface area contributed by atoms with Crippen molar-refractivity contribution in [3.05, 3.63) is 35.4 Å². The lowest BCUT2D eigenvalue weighted by Crippen LogP contribution is -1.85. The Kier molecular flexibility index (Phi) is 3.92. The molecule has 1 aromatic carbocycles. The Morgan fingerprint density at radius 3 is 2.86 bits per heavy atom. The van der Waals surface area contributed by atoms with Gasteiger partial charge in [-0.2, -0.15) is 0 Å². The maximum atomic E-state index is 10.6. The lowest BCUT2D eigenvalue weighted by molar-refractivity contribution is -0.104. The van der Waals surface area contributed by atoms with Crippen molar-refractivity contribution in [1.82, 2.24) is 0 Å². The minimum absolute atomic E-state index is 0.751. The second-order valence-electron chi connectivity index (χ2n) is 2.97. The molecule has 1 aromatic rings. The van der Waals surface area contributed by atoms with Crippen LogP contribution in [0, 0.1) is 0 Å². The van der Waals surface area contributed by atoms with Crippen molar-refractivity contribution in [1.29, 1.82) is 0 Å². The van der Waals surface area contributed by atoms with Gasteiger partial charge >= 0.3 is 0 Å². The number of hydrogen-bond donors (Lipinski definition) is 0. The highest BCUT2D eigenvalue weighted by atomic mass is 16.5. The van der Waals surface area contributed by atoms with Gasteiger partial charge in [-0.3, -0.25) is 4.79 Å². The third-order valence-corrected chi connectivity index (χ3v) is 2.01. The molecule has 1 rings (SSSR count). The first-order valence-electron chi connectivity index (χ1n) is 4.60. The molecule has 0 aliphatic rings. The van der Waals surface area contributed by atoms with Crippen molar-refractivity contribution >= 4 is 12.4 Å². The van der Waals surface area contributed by atoms with Gasteiger partial charge in [-0.05, 0) is 35.8 Å². The Hall–Kier alpha value is -1.57. The van der Waals surface area contributed by atoms with E-state index in [0.29, 0.717) is 0 Å². The summed E-state index contributed by atoms with van der Waals surface area (Å²) in [6.45, 7) is 1.96. The van der Waals surface area contributed by atoms with Crippen LogP contribution in [0.1, 0.15) is 18.9 Å². The van der Waals surface area contributed by atoms with E-state index in [1.165, 1.54) is 0 Å². The molecule has 2 nitrogen and oxygen atoms in total. The second kappa shape index (κ2) is 5.22. The molecule has 0 bridgehead atoms. The number of hydrogen-bond acceptors (Lipinski definition) is 2. The fourth-order valence-electron chi connectivity index (χ4n) is 1.16. The molecule has 0 unspecified atom stereocenters. The van der Waals surface area contributed by atoms with Crippen LogP contribution >= 0.6 is 0 Å². The van der Waals surface area contributed by atoms with Gasteiger partial charge in [0.2, 0.25) is 0 Å². The van der Waals surface area contributed by atoms with Crippen LogP contribution in [0.5, 0.6) is 5.75 Å². The van der Waals surface area contributed by atoms with Crippen LogP contribution in [-0.4, -0.2) is 13.4 Å². The molecule has 0 radical (unpaired) electrons. The van der Waals surface area contributed by atoms with Crippen LogP contribution < -0.4 is 4.74 Å². The molecular weight excluding hydrogens is 176 g/mol. The molecule has 0 atom stereocenters. The summed E-state index contributed by atoms with van der Waals surface area (Å²) < 4.78 is 5.09. The van der Waals surface area contributed by atoms with E-state index in [4.69, 9.17) is 4.74 Å². The molecule has 74 valence electrons. The second-order valence-corrected chi connectivity index (χ2v) is 2.97. The average Bonchev–Trinajstić information content (AvgIpc) is 2.26. The minimum Gasteiger partial charge on any atom is -0.497 e. The highest BCUT2D eigenvalue weighted by Crippen LogP contribution is 2.15. The number of methoxy groups -OCH3 is 1. The molecule has 0 aliphatic carbocycles. The van der Waals surface area contributed by atoms with E-state index in [9.17, 15) is 4.79 Å². The van der Waals surface area contributed by atoms with Crippen LogP contribution in [0.25, 0.3) is 6.08 Å². The first-order valence-corrected chi connectivity index (χ1v) is 4.60. The van der Waals surface area contributed by atoms with Gasteiger partial charge < -0.3 is 4.74 Å². The van der Waals surface area contributed by atoms with Crippen molar-refractivity contribution in [2.24, 2.45) is 0 Å². The monoisotopic (exact) mass is 190 g/mol. The van der Waals surface area contributed by atoms with Crippen molar-refractivity contribution < 1.29 is 9.53 Å². The Balaban J connectivity index is 2.95. The van der Waals surface area contributed by atoms with Gasteiger partial charge in [0.1, 0.15) is 12.0 Å². The Morgan fingerprint density at radius 1 is 1.50 bits per heavy atom. The minimum atomic E-state index is 0.751. The maximum absolute atomic E-state index is 10.6. The first kappa shape index (κ1) is 10.5. The fourth-order valence-corrected chi connectivity index (χ4v) is 1.16. The van der Waals surface area contributed by atoms with E-state index >= 15 is 0 Å². The van der Waals surface area contributed by atoms with Gasteiger partial charge in [-0.1, -0.05) is 19.1 Å². The molecule has 0 aromatic heterocycles. The first-order chi connectivity index (χ1) is 6.80. The third kappa shape index (κ3) is 2.73. The molecule has 0 N–H and O–H groups in total. The van der Waals surface area contributed by atoms with Gasteiger partial charge in [0, 0.05) is 0 Å². The number of rotatable bonds is 4. The van der Waals surface area contributed by atoms with Crippen molar-refractivity contribution in [2.75, 3.05) is 7.11 Å². The van der Waals surface area contributed by atoms with E-state index in [1.54, 1.807) is 7.11 Å². The molecule has 0 saturated heterocycles. The third-order valence-electron chi connectivity index (χ3n) is 2.01. The zero-order valence-corrected chi connectivity index (χ0v) is 8.49. The SMILES string of the molecule is CCC(C=O)=Cc1cccc(OC)c1. The molecule has 0 fully saturated rings. The van der Waals surface area contributed by atoms with E-state index in [-0.39, 0.29) is 0 Å². The molecule has 2 heteroatoms. The molecule has 0 saturated carbocycles. The molecule has 0 heterocycles. The smallest absolute Gasteiger partial charge is 0.146 e. The molecular formula is C12H14O2. The lowest BCUT2D eigenvalue weighted by Gasteiger charge is -2.00. The summed E-state index contributed by atoms with van der Waals surface area (Å²) in [5, 5.41) is 0. The largest absolute Gasteiger partial charge is 0.497 e. The van der Waals surface area contributed by atoms with E-state index in [0.717, 1.165) is 29.6 Å². The average molecular weight is 190 g/mol. The predicted molar refractivity (Wildman–Crippen MR) is 57.3 cm³/mol.